The van der Waals surface area contributed by atoms with Crippen molar-refractivity contribution in [3.8, 4) is 27.6 Å². The number of benzene rings is 1. The van der Waals surface area contributed by atoms with Crippen LogP contribution in [0.4, 0.5) is 4.39 Å². The lowest BCUT2D eigenvalue weighted by Crippen LogP contribution is -2.45. The molecule has 1 fully saturated rings. The monoisotopic (exact) mass is 445 g/mol. The van der Waals surface area contributed by atoms with Crippen molar-refractivity contribution in [1.82, 2.24) is 14.5 Å². The van der Waals surface area contributed by atoms with Crippen LogP contribution in [-0.4, -0.2) is 39.6 Å². The summed E-state index contributed by atoms with van der Waals surface area (Å²) in [4.78, 5) is 16.5. The van der Waals surface area contributed by atoms with Crippen LogP contribution in [0.1, 0.15) is 28.1 Å². The van der Waals surface area contributed by atoms with Gasteiger partial charge in [0.05, 0.1) is 16.0 Å². The van der Waals surface area contributed by atoms with Gasteiger partial charge in [-0.15, -0.1) is 11.3 Å². The number of aromatic nitrogens is 2. The largest absolute Gasteiger partial charge is 0.336 e. The van der Waals surface area contributed by atoms with Crippen molar-refractivity contribution in [1.29, 1.82) is 5.26 Å². The van der Waals surface area contributed by atoms with Gasteiger partial charge >= 0.3 is 0 Å². The maximum absolute atomic E-state index is 14.4. The highest BCUT2D eigenvalue weighted by Gasteiger charge is 2.25. The van der Waals surface area contributed by atoms with E-state index >= 15 is 0 Å². The number of rotatable bonds is 3. The number of nitrogens with two attached hydrogens (primary N) is 1. The Labute approximate surface area is 188 Å². The van der Waals surface area contributed by atoms with E-state index < -0.39 is 5.82 Å². The Morgan fingerprint density at radius 2 is 2.09 bits per heavy atom. The number of hydrogen-bond acceptors (Lipinski definition) is 5. The van der Waals surface area contributed by atoms with E-state index in [4.69, 9.17) is 11.0 Å². The van der Waals surface area contributed by atoms with Gasteiger partial charge in [0.25, 0.3) is 5.91 Å². The molecule has 1 aliphatic rings. The highest BCUT2D eigenvalue weighted by atomic mass is 32.1. The molecule has 2 N–H and O–H groups in total. The van der Waals surface area contributed by atoms with E-state index in [-0.39, 0.29) is 17.5 Å². The number of hydrogen-bond donors (Lipinski definition) is 1. The molecular weight excluding hydrogens is 425 g/mol. The maximum atomic E-state index is 14.4. The highest BCUT2D eigenvalue weighted by molar-refractivity contribution is 7.18. The lowest BCUT2D eigenvalue weighted by molar-refractivity contribution is 0.0714. The van der Waals surface area contributed by atoms with Gasteiger partial charge in [0, 0.05) is 42.0 Å². The number of thiophene rings is 1. The first-order valence-corrected chi connectivity index (χ1v) is 11.2. The highest BCUT2D eigenvalue weighted by Crippen LogP contribution is 2.40. The summed E-state index contributed by atoms with van der Waals surface area (Å²) in [5.74, 6) is -0.638. The molecule has 0 spiro atoms. The molecular formula is C24H20FN5OS. The van der Waals surface area contributed by atoms with E-state index in [2.05, 4.69) is 5.10 Å². The van der Waals surface area contributed by atoms with E-state index in [0.717, 1.165) is 34.4 Å². The minimum atomic E-state index is -0.580. The summed E-state index contributed by atoms with van der Waals surface area (Å²) in [6.07, 6.45) is 5.38. The first-order chi connectivity index (χ1) is 15.5. The first-order valence-electron chi connectivity index (χ1n) is 10.4. The van der Waals surface area contributed by atoms with Gasteiger partial charge in [0.15, 0.2) is 0 Å². The van der Waals surface area contributed by atoms with E-state index in [1.54, 1.807) is 21.7 Å². The molecule has 32 heavy (non-hydrogen) atoms. The smallest absolute Gasteiger partial charge is 0.264 e. The molecule has 6 nitrogen and oxygen atoms in total. The Kier molecular flexibility index (Phi) is 5.21. The van der Waals surface area contributed by atoms with Crippen LogP contribution in [0.2, 0.25) is 0 Å². The van der Waals surface area contributed by atoms with Gasteiger partial charge < -0.3 is 10.6 Å². The summed E-state index contributed by atoms with van der Waals surface area (Å²) < 4.78 is 16.2. The summed E-state index contributed by atoms with van der Waals surface area (Å²) >= 11 is 1.39. The van der Waals surface area contributed by atoms with Gasteiger partial charge in [0.2, 0.25) is 0 Å². The normalized spacial score (nSPS) is 16.3. The van der Waals surface area contributed by atoms with Crippen LogP contribution in [0.15, 0.2) is 54.9 Å². The van der Waals surface area contributed by atoms with Crippen LogP contribution in [0.25, 0.3) is 27.1 Å². The Morgan fingerprint density at radius 1 is 1.22 bits per heavy atom. The molecule has 0 saturated carbocycles. The predicted molar refractivity (Wildman–Crippen MR) is 122 cm³/mol. The number of amides is 1. The van der Waals surface area contributed by atoms with E-state index in [1.807, 2.05) is 36.5 Å². The van der Waals surface area contributed by atoms with E-state index in [0.29, 0.717) is 23.5 Å². The summed E-state index contributed by atoms with van der Waals surface area (Å²) in [6, 6.07) is 14.0. The van der Waals surface area contributed by atoms with Gasteiger partial charge in [-0.1, -0.05) is 6.07 Å². The summed E-state index contributed by atoms with van der Waals surface area (Å²) in [7, 11) is 0. The van der Waals surface area contributed by atoms with Gasteiger partial charge in [-0.2, -0.15) is 10.4 Å². The van der Waals surface area contributed by atoms with Crippen LogP contribution >= 0.6 is 11.3 Å². The summed E-state index contributed by atoms with van der Waals surface area (Å²) in [5, 5.41) is 13.3. The molecule has 1 atom stereocenters. The van der Waals surface area contributed by atoms with E-state index in [1.165, 1.54) is 23.5 Å². The van der Waals surface area contributed by atoms with Gasteiger partial charge in [-0.3, -0.25) is 4.79 Å². The minimum Gasteiger partial charge on any atom is -0.336 e. The third-order valence-corrected chi connectivity index (χ3v) is 6.92. The number of nitrogens with zero attached hydrogens (tertiary/aromatic N) is 4. The fourth-order valence-corrected chi connectivity index (χ4v) is 5.26. The molecule has 0 radical (unpaired) electrons. The SMILES string of the molecule is N#Cc1ccc(-c2cc(C(=O)N3CCCC(N)C3)sc2-c2ccn3nccc3c2)cc1F. The third-order valence-electron chi connectivity index (χ3n) is 5.75. The number of carbonyl (C=O) groups is 1. The molecule has 1 amide bonds. The number of fused-ring (bicyclic) bond motifs is 1. The van der Waals surface area contributed by atoms with Crippen LogP contribution in [0.3, 0.4) is 0 Å². The number of nitriles is 1. The van der Waals surface area contributed by atoms with Crippen LogP contribution in [0, 0.1) is 17.1 Å². The molecule has 1 aliphatic heterocycles. The van der Waals surface area contributed by atoms with Crippen molar-refractivity contribution < 1.29 is 9.18 Å². The summed E-state index contributed by atoms with van der Waals surface area (Å²) in [5.41, 5.74) is 9.28. The van der Waals surface area contributed by atoms with Crippen molar-refractivity contribution in [3.63, 3.8) is 0 Å². The number of carbonyl (C=O) groups excluding carboxylic acids is 1. The quantitative estimate of drug-likeness (QED) is 0.509. The Balaban J connectivity index is 1.62. The van der Waals surface area contributed by atoms with Crippen molar-refractivity contribution in [2.45, 2.75) is 18.9 Å². The fraction of sp³-hybridized carbons (Fsp3) is 0.208. The van der Waals surface area contributed by atoms with Crippen LogP contribution in [0.5, 0.6) is 0 Å². The number of likely N-dealkylation sites (tertiary alicyclic amines) is 1. The molecule has 5 rings (SSSR count). The second kappa shape index (κ2) is 8.19. The zero-order valence-corrected chi connectivity index (χ0v) is 18.0. The van der Waals surface area contributed by atoms with Gasteiger partial charge in [0.1, 0.15) is 11.9 Å². The maximum Gasteiger partial charge on any atom is 0.264 e. The number of pyridine rings is 1. The van der Waals surface area contributed by atoms with Gasteiger partial charge in [-0.05, 0) is 60.4 Å². The fourth-order valence-electron chi connectivity index (χ4n) is 4.11. The van der Waals surface area contributed by atoms with Crippen molar-refractivity contribution >= 4 is 22.8 Å². The van der Waals surface area contributed by atoms with E-state index in [9.17, 15) is 9.18 Å². The predicted octanol–water partition coefficient (Wildman–Crippen LogP) is 4.30. The Hall–Kier alpha value is -3.54. The molecule has 4 heterocycles. The van der Waals surface area contributed by atoms with Crippen molar-refractivity contribution in [3.05, 3.63) is 71.1 Å². The van der Waals surface area contributed by atoms with Crippen molar-refractivity contribution in [2.75, 3.05) is 13.1 Å². The average molecular weight is 446 g/mol. The third kappa shape index (κ3) is 3.66. The summed E-state index contributed by atoms with van der Waals surface area (Å²) in [6.45, 7) is 1.22. The zero-order chi connectivity index (χ0) is 22.2. The molecule has 8 heteroatoms. The zero-order valence-electron chi connectivity index (χ0n) is 17.2. The lowest BCUT2D eigenvalue weighted by atomic mass is 10.0. The molecule has 0 bridgehead atoms. The minimum absolute atomic E-state index is 0.00943. The Morgan fingerprint density at radius 3 is 2.88 bits per heavy atom. The molecule has 160 valence electrons. The van der Waals surface area contributed by atoms with Crippen LogP contribution in [-0.2, 0) is 0 Å². The molecule has 3 aromatic heterocycles. The standard InChI is InChI=1S/C24H20FN5OS/c25-21-11-15(3-4-17(21)13-26)20-12-22(24(31)29-8-1-2-18(27)14-29)32-23(20)16-6-9-30-19(10-16)5-7-28-30/h3-7,9-12,18H,1-2,8,14,27H2. The number of piperidine rings is 1. The first kappa shape index (κ1) is 20.4. The molecule has 1 unspecified atom stereocenters. The second-order valence-corrected chi connectivity index (χ2v) is 8.98. The second-order valence-electron chi connectivity index (χ2n) is 7.93. The molecule has 1 saturated heterocycles. The molecule has 0 aliphatic carbocycles. The van der Waals surface area contributed by atoms with Crippen molar-refractivity contribution in [2.24, 2.45) is 5.73 Å². The molecule has 4 aromatic rings. The van der Waals surface area contributed by atoms with Gasteiger partial charge in [-0.25, -0.2) is 8.91 Å². The average Bonchev–Trinajstić information content (AvgIpc) is 3.45. The van der Waals surface area contributed by atoms with Crippen LogP contribution < -0.4 is 5.73 Å². The molecule has 1 aromatic carbocycles. The Bertz CT molecular complexity index is 1370. The number of halogens is 1. The lowest BCUT2D eigenvalue weighted by Gasteiger charge is -2.30. The topological polar surface area (TPSA) is 87.4 Å².